The fraction of sp³-hybridized carbons (Fsp3) is 0.0952. The van der Waals surface area contributed by atoms with Gasteiger partial charge in [0, 0.05) is 24.1 Å². The number of nitrogens with one attached hydrogen (secondary N) is 1. The van der Waals surface area contributed by atoms with Crippen LogP contribution in [-0.4, -0.2) is 17.4 Å². The van der Waals surface area contributed by atoms with E-state index in [0.717, 1.165) is 16.9 Å². The number of hydrogen-bond donors (Lipinski definition) is 2. The Kier molecular flexibility index (Phi) is 5.65. The molecule has 0 unspecified atom stereocenters. The highest BCUT2D eigenvalue weighted by molar-refractivity contribution is 5.80. The minimum atomic E-state index is -0.391. The molecule has 0 atom stereocenters. The van der Waals surface area contributed by atoms with E-state index in [1.54, 1.807) is 12.1 Å². The fourth-order valence-corrected chi connectivity index (χ4v) is 2.69. The first-order valence-corrected chi connectivity index (χ1v) is 8.44. The van der Waals surface area contributed by atoms with Crippen molar-refractivity contribution in [2.75, 3.05) is 16.8 Å². The minimum absolute atomic E-state index is 0.119. The van der Waals surface area contributed by atoms with E-state index in [9.17, 15) is 4.79 Å². The summed E-state index contributed by atoms with van der Waals surface area (Å²) in [6.07, 6.45) is 1.51. The van der Waals surface area contributed by atoms with Gasteiger partial charge in [0.25, 0.3) is 0 Å². The Morgan fingerprint density at radius 2 is 1.93 bits per heavy atom. The lowest BCUT2D eigenvalue weighted by Gasteiger charge is -2.24. The number of primary amides is 1. The van der Waals surface area contributed by atoms with Crippen LogP contribution in [0.25, 0.3) is 0 Å². The molecule has 0 spiro atoms. The fourth-order valence-electron chi connectivity index (χ4n) is 2.69. The molecule has 1 aromatic heterocycles. The van der Waals surface area contributed by atoms with E-state index < -0.39 is 5.91 Å². The summed E-state index contributed by atoms with van der Waals surface area (Å²) >= 11 is 0. The normalized spacial score (nSPS) is 10.0. The van der Waals surface area contributed by atoms with Crippen molar-refractivity contribution in [3.05, 3.63) is 84.1 Å². The van der Waals surface area contributed by atoms with Gasteiger partial charge in [-0.1, -0.05) is 36.4 Å². The van der Waals surface area contributed by atoms with Crippen molar-refractivity contribution >= 4 is 23.1 Å². The Morgan fingerprint density at radius 3 is 2.59 bits per heavy atom. The second-order valence-electron chi connectivity index (χ2n) is 6.03. The van der Waals surface area contributed by atoms with E-state index in [2.05, 4.69) is 10.3 Å². The molecule has 6 heteroatoms. The van der Waals surface area contributed by atoms with Crippen molar-refractivity contribution in [3.8, 4) is 6.07 Å². The SMILES string of the molecule is N#Cc1ccc(Nc2cccc(N(CC(N)=O)Cc3ccccc3)c2)nc1. The van der Waals surface area contributed by atoms with Crippen molar-refractivity contribution in [3.63, 3.8) is 0 Å². The smallest absolute Gasteiger partial charge is 0.236 e. The number of hydrogen-bond acceptors (Lipinski definition) is 5. The second-order valence-corrected chi connectivity index (χ2v) is 6.03. The van der Waals surface area contributed by atoms with Gasteiger partial charge in [-0.15, -0.1) is 0 Å². The average molecular weight is 357 g/mol. The Labute approximate surface area is 157 Å². The molecule has 3 aromatic rings. The van der Waals surface area contributed by atoms with E-state index in [1.807, 2.05) is 65.6 Å². The topological polar surface area (TPSA) is 95.0 Å². The quantitative estimate of drug-likeness (QED) is 0.677. The Hall–Kier alpha value is -3.85. The minimum Gasteiger partial charge on any atom is -0.368 e. The van der Waals surface area contributed by atoms with Crippen LogP contribution in [-0.2, 0) is 11.3 Å². The first-order chi connectivity index (χ1) is 13.1. The molecule has 0 saturated carbocycles. The molecule has 0 saturated heterocycles. The number of nitriles is 1. The van der Waals surface area contributed by atoms with Crippen LogP contribution in [0.15, 0.2) is 72.9 Å². The number of carbonyl (C=O) groups excluding carboxylic acids is 1. The molecule has 1 heterocycles. The number of benzene rings is 2. The highest BCUT2D eigenvalue weighted by Crippen LogP contribution is 2.23. The van der Waals surface area contributed by atoms with Crippen molar-refractivity contribution in [2.24, 2.45) is 5.73 Å². The molecular weight excluding hydrogens is 338 g/mol. The highest BCUT2D eigenvalue weighted by Gasteiger charge is 2.11. The molecule has 0 bridgehead atoms. The van der Waals surface area contributed by atoms with Gasteiger partial charge in [-0.2, -0.15) is 5.26 Å². The molecule has 0 aliphatic rings. The molecule has 0 aliphatic heterocycles. The zero-order valence-electron chi connectivity index (χ0n) is 14.7. The van der Waals surface area contributed by atoms with Crippen LogP contribution < -0.4 is 16.0 Å². The first-order valence-electron chi connectivity index (χ1n) is 8.44. The lowest BCUT2D eigenvalue weighted by Crippen LogP contribution is -2.33. The second kappa shape index (κ2) is 8.50. The van der Waals surface area contributed by atoms with E-state index in [0.29, 0.717) is 17.9 Å². The maximum atomic E-state index is 11.5. The lowest BCUT2D eigenvalue weighted by molar-refractivity contribution is -0.116. The summed E-state index contributed by atoms with van der Waals surface area (Å²) in [6.45, 7) is 0.690. The molecule has 0 radical (unpaired) electrons. The van der Waals surface area contributed by atoms with E-state index in [1.165, 1.54) is 6.20 Å². The summed E-state index contributed by atoms with van der Waals surface area (Å²) in [6, 6.07) is 23.1. The molecule has 0 fully saturated rings. The van der Waals surface area contributed by atoms with Crippen LogP contribution in [0.2, 0.25) is 0 Å². The van der Waals surface area contributed by atoms with Crippen LogP contribution in [0.5, 0.6) is 0 Å². The zero-order valence-corrected chi connectivity index (χ0v) is 14.7. The number of nitrogens with two attached hydrogens (primary N) is 1. The maximum Gasteiger partial charge on any atom is 0.236 e. The Balaban J connectivity index is 1.81. The summed E-state index contributed by atoms with van der Waals surface area (Å²) in [5.41, 5.74) is 8.73. The predicted molar refractivity (Wildman–Crippen MR) is 105 cm³/mol. The molecule has 1 amide bonds. The third-order valence-corrected chi connectivity index (χ3v) is 3.94. The maximum absolute atomic E-state index is 11.5. The molecule has 6 nitrogen and oxygen atoms in total. The number of amides is 1. The standard InChI is InChI=1S/C21H19N5O/c22-12-17-9-10-21(24-13-17)25-18-7-4-8-19(11-18)26(15-20(23)27)14-16-5-2-1-3-6-16/h1-11,13H,14-15H2,(H2,23,27)(H,24,25). The van der Waals surface area contributed by atoms with E-state index in [-0.39, 0.29) is 6.54 Å². The average Bonchev–Trinajstić information content (AvgIpc) is 2.69. The molecular formula is C21H19N5O. The summed E-state index contributed by atoms with van der Waals surface area (Å²) in [5, 5.41) is 12.1. The van der Waals surface area contributed by atoms with Gasteiger partial charge in [0.15, 0.2) is 0 Å². The molecule has 2 aromatic carbocycles. The van der Waals surface area contributed by atoms with Crippen molar-refractivity contribution < 1.29 is 4.79 Å². The number of carbonyl (C=O) groups is 1. The summed E-state index contributed by atoms with van der Waals surface area (Å²) in [7, 11) is 0. The molecule has 134 valence electrons. The predicted octanol–water partition coefficient (Wildman–Crippen LogP) is 3.19. The molecule has 27 heavy (non-hydrogen) atoms. The van der Waals surface area contributed by atoms with Crippen LogP contribution in [0.3, 0.4) is 0 Å². The number of rotatable bonds is 7. The number of pyridine rings is 1. The number of aromatic nitrogens is 1. The molecule has 0 aliphatic carbocycles. The summed E-state index contributed by atoms with van der Waals surface area (Å²) in [5.74, 6) is 0.244. The monoisotopic (exact) mass is 357 g/mol. The summed E-state index contributed by atoms with van der Waals surface area (Å²) in [4.78, 5) is 17.7. The highest BCUT2D eigenvalue weighted by atomic mass is 16.1. The summed E-state index contributed by atoms with van der Waals surface area (Å²) < 4.78 is 0. The molecule has 3 N–H and O–H groups in total. The number of anilines is 3. The lowest BCUT2D eigenvalue weighted by atomic mass is 10.2. The number of nitrogens with zero attached hydrogens (tertiary/aromatic N) is 3. The largest absolute Gasteiger partial charge is 0.368 e. The zero-order chi connectivity index (χ0) is 19.1. The Bertz CT molecular complexity index is 948. The van der Waals surface area contributed by atoms with E-state index >= 15 is 0 Å². The van der Waals surface area contributed by atoms with Crippen molar-refractivity contribution in [1.82, 2.24) is 4.98 Å². The first kappa shape index (κ1) is 18.0. The van der Waals surface area contributed by atoms with Crippen molar-refractivity contribution in [2.45, 2.75) is 6.54 Å². The van der Waals surface area contributed by atoms with Gasteiger partial charge in [0.2, 0.25) is 5.91 Å². The van der Waals surface area contributed by atoms with Gasteiger partial charge >= 0.3 is 0 Å². The van der Waals surface area contributed by atoms with Gasteiger partial charge in [-0.25, -0.2) is 4.98 Å². The Morgan fingerprint density at radius 1 is 1.11 bits per heavy atom. The van der Waals surface area contributed by atoms with Crippen molar-refractivity contribution in [1.29, 1.82) is 5.26 Å². The third-order valence-electron chi connectivity index (χ3n) is 3.94. The van der Waals surface area contributed by atoms with Gasteiger partial charge in [-0.3, -0.25) is 4.79 Å². The van der Waals surface area contributed by atoms with E-state index in [4.69, 9.17) is 11.0 Å². The van der Waals surface area contributed by atoms with Gasteiger partial charge in [0.05, 0.1) is 12.1 Å². The third kappa shape index (κ3) is 5.06. The van der Waals surface area contributed by atoms with Gasteiger partial charge in [0.1, 0.15) is 11.9 Å². The van der Waals surface area contributed by atoms with Gasteiger partial charge in [-0.05, 0) is 35.9 Å². The van der Waals surface area contributed by atoms with Crippen LogP contribution in [0, 0.1) is 11.3 Å². The van der Waals surface area contributed by atoms with Crippen LogP contribution in [0.1, 0.15) is 11.1 Å². The molecule has 3 rings (SSSR count). The van der Waals surface area contributed by atoms with Crippen LogP contribution >= 0.6 is 0 Å². The van der Waals surface area contributed by atoms with Crippen LogP contribution in [0.4, 0.5) is 17.2 Å². The van der Waals surface area contributed by atoms with Gasteiger partial charge < -0.3 is 16.0 Å².